The highest BCUT2D eigenvalue weighted by atomic mass is 32.2. The second kappa shape index (κ2) is 8.02. The first-order valence-corrected chi connectivity index (χ1v) is 12.1. The van der Waals surface area contributed by atoms with Gasteiger partial charge in [0.2, 0.25) is 0 Å². The minimum Gasteiger partial charge on any atom is -0.458 e. The Morgan fingerprint density at radius 1 is 1.09 bits per heavy atom. The first-order valence-electron chi connectivity index (χ1n) is 10.7. The maximum Gasteiger partial charge on any atom is 0.309 e. The fourth-order valence-corrected chi connectivity index (χ4v) is 5.52. The van der Waals surface area contributed by atoms with Crippen molar-refractivity contribution in [1.29, 1.82) is 0 Å². The van der Waals surface area contributed by atoms with Crippen LogP contribution in [0, 0.1) is 5.92 Å². The Morgan fingerprint density at radius 2 is 1.81 bits per heavy atom. The van der Waals surface area contributed by atoms with E-state index >= 15 is 0 Å². The number of piperidine rings is 1. The average molecular weight is 450 g/mol. The minimum atomic E-state index is -3.65. The first-order chi connectivity index (χ1) is 15.4. The van der Waals surface area contributed by atoms with E-state index in [9.17, 15) is 13.2 Å². The molecule has 1 fully saturated rings. The lowest BCUT2D eigenvalue weighted by molar-refractivity contribution is -0.155. The number of aromatic nitrogens is 1. The molecule has 0 radical (unpaired) electrons. The van der Waals surface area contributed by atoms with Gasteiger partial charge in [0, 0.05) is 35.8 Å². The molecule has 32 heavy (non-hydrogen) atoms. The van der Waals surface area contributed by atoms with Crippen LogP contribution in [0.3, 0.4) is 0 Å². The van der Waals surface area contributed by atoms with Crippen molar-refractivity contribution in [2.24, 2.45) is 10.3 Å². The molecule has 3 heterocycles. The Labute approximate surface area is 186 Å². The zero-order chi connectivity index (χ0) is 22.3. The quantitative estimate of drug-likeness (QED) is 0.567. The van der Waals surface area contributed by atoms with Crippen molar-refractivity contribution in [3.8, 4) is 0 Å². The molecule has 0 saturated carbocycles. The van der Waals surface area contributed by atoms with Gasteiger partial charge in [0.05, 0.1) is 11.4 Å². The SMILES string of the molecule is CC(OC(=O)C1CCN(C2=NS(=O)(=O)c3ccccc32)CC1)c1cnc2ccccc2c1. The smallest absolute Gasteiger partial charge is 0.309 e. The number of carbonyl (C=O) groups excluding carboxylic acids is 1. The van der Waals surface area contributed by atoms with Crippen molar-refractivity contribution in [2.45, 2.75) is 30.8 Å². The van der Waals surface area contributed by atoms with E-state index in [0.717, 1.165) is 16.5 Å². The zero-order valence-electron chi connectivity index (χ0n) is 17.6. The summed E-state index contributed by atoms with van der Waals surface area (Å²) in [4.78, 5) is 19.4. The van der Waals surface area contributed by atoms with Crippen LogP contribution in [-0.4, -0.2) is 43.2 Å². The highest BCUT2D eigenvalue weighted by Crippen LogP contribution is 2.30. The van der Waals surface area contributed by atoms with Crippen molar-refractivity contribution >= 4 is 32.7 Å². The molecule has 0 aliphatic carbocycles. The molecular formula is C24H23N3O4S. The number of sulfonamides is 1. The summed E-state index contributed by atoms with van der Waals surface area (Å²) in [5.74, 6) is 0.0192. The van der Waals surface area contributed by atoms with Gasteiger partial charge in [0.1, 0.15) is 11.0 Å². The first kappa shape index (κ1) is 20.6. The number of para-hydroxylation sites is 1. The Kier molecular flexibility index (Phi) is 5.17. The number of ether oxygens (including phenoxy) is 1. The normalized spacial score (nSPS) is 18.8. The monoisotopic (exact) mass is 449 g/mol. The van der Waals surface area contributed by atoms with E-state index < -0.39 is 16.1 Å². The molecule has 1 unspecified atom stereocenters. The molecule has 3 aromatic rings. The highest BCUT2D eigenvalue weighted by molar-refractivity contribution is 7.90. The van der Waals surface area contributed by atoms with Crippen LogP contribution in [-0.2, 0) is 19.6 Å². The largest absolute Gasteiger partial charge is 0.458 e. The third-order valence-electron chi connectivity index (χ3n) is 6.11. The van der Waals surface area contributed by atoms with Crippen LogP contribution in [0.5, 0.6) is 0 Å². The van der Waals surface area contributed by atoms with Gasteiger partial charge in [-0.15, -0.1) is 4.40 Å². The summed E-state index contributed by atoms with van der Waals surface area (Å²) < 4.78 is 34.4. The molecule has 2 aliphatic heterocycles. The summed E-state index contributed by atoms with van der Waals surface area (Å²) in [5, 5.41) is 1.01. The number of amidine groups is 1. The van der Waals surface area contributed by atoms with Gasteiger partial charge in [0.25, 0.3) is 10.0 Å². The standard InChI is InChI=1S/C24H23N3O4S/c1-16(19-14-18-6-2-4-8-21(18)25-15-19)31-24(28)17-10-12-27(13-11-17)23-20-7-3-5-9-22(20)32(29,30)26-23/h2-9,14-17H,10-13H2,1H3. The van der Waals surface area contributed by atoms with Crippen LogP contribution in [0.1, 0.15) is 37.0 Å². The van der Waals surface area contributed by atoms with Gasteiger partial charge in [-0.2, -0.15) is 8.42 Å². The molecule has 8 heteroatoms. The van der Waals surface area contributed by atoms with Crippen LogP contribution >= 0.6 is 0 Å². The summed E-state index contributed by atoms with van der Waals surface area (Å²) in [6.45, 7) is 2.95. The number of carbonyl (C=O) groups is 1. The molecule has 2 aromatic carbocycles. The lowest BCUT2D eigenvalue weighted by Crippen LogP contribution is -2.40. The molecule has 0 spiro atoms. The van der Waals surface area contributed by atoms with Gasteiger partial charge in [-0.3, -0.25) is 9.78 Å². The van der Waals surface area contributed by atoms with Crippen molar-refractivity contribution in [2.75, 3.05) is 13.1 Å². The molecule has 1 saturated heterocycles. The van der Waals surface area contributed by atoms with Gasteiger partial charge in [0.15, 0.2) is 5.84 Å². The molecule has 5 rings (SSSR count). The van der Waals surface area contributed by atoms with Crippen molar-refractivity contribution in [3.05, 3.63) is 71.9 Å². The Morgan fingerprint density at radius 3 is 2.62 bits per heavy atom. The van der Waals surface area contributed by atoms with Gasteiger partial charge >= 0.3 is 5.97 Å². The maximum absolute atomic E-state index is 12.8. The van der Waals surface area contributed by atoms with Gasteiger partial charge in [-0.25, -0.2) is 0 Å². The van der Waals surface area contributed by atoms with E-state index in [0.29, 0.717) is 37.3 Å². The summed E-state index contributed by atoms with van der Waals surface area (Å²) in [6, 6.07) is 16.7. The van der Waals surface area contributed by atoms with E-state index in [1.54, 1.807) is 24.4 Å². The third kappa shape index (κ3) is 3.75. The van der Waals surface area contributed by atoms with E-state index in [2.05, 4.69) is 9.38 Å². The van der Waals surface area contributed by atoms with Crippen LogP contribution in [0.25, 0.3) is 10.9 Å². The molecule has 0 amide bonds. The molecule has 0 N–H and O–H groups in total. The fourth-order valence-electron chi connectivity index (χ4n) is 4.29. The summed E-state index contributed by atoms with van der Waals surface area (Å²) in [6.07, 6.45) is 2.53. The van der Waals surface area contributed by atoms with E-state index in [-0.39, 0.29) is 16.8 Å². The molecular weight excluding hydrogens is 426 g/mol. The predicted molar refractivity (Wildman–Crippen MR) is 121 cm³/mol. The maximum atomic E-state index is 12.8. The topological polar surface area (TPSA) is 88.9 Å². The predicted octanol–water partition coefficient (Wildman–Crippen LogP) is 3.70. The number of hydrogen-bond acceptors (Lipinski definition) is 6. The molecule has 2 aliphatic rings. The number of hydrogen-bond donors (Lipinski definition) is 0. The summed E-state index contributed by atoms with van der Waals surface area (Å²) in [7, 11) is -3.65. The molecule has 1 atom stereocenters. The number of nitrogens with zero attached hydrogens (tertiary/aromatic N) is 3. The average Bonchev–Trinajstić information content (AvgIpc) is 3.10. The highest BCUT2D eigenvalue weighted by Gasteiger charge is 2.35. The van der Waals surface area contributed by atoms with Crippen LogP contribution < -0.4 is 0 Å². The molecule has 7 nitrogen and oxygen atoms in total. The Bertz CT molecular complexity index is 1330. The number of rotatable bonds is 3. The molecule has 0 bridgehead atoms. The van der Waals surface area contributed by atoms with E-state index in [1.165, 1.54) is 0 Å². The third-order valence-corrected chi connectivity index (χ3v) is 7.44. The van der Waals surface area contributed by atoms with Gasteiger partial charge in [-0.1, -0.05) is 30.3 Å². The number of benzene rings is 2. The van der Waals surface area contributed by atoms with Crippen molar-refractivity contribution < 1.29 is 17.9 Å². The van der Waals surface area contributed by atoms with Crippen molar-refractivity contribution in [1.82, 2.24) is 9.88 Å². The zero-order valence-corrected chi connectivity index (χ0v) is 18.5. The summed E-state index contributed by atoms with van der Waals surface area (Å²) >= 11 is 0. The van der Waals surface area contributed by atoms with E-state index in [1.807, 2.05) is 48.2 Å². The van der Waals surface area contributed by atoms with Gasteiger partial charge in [-0.05, 0) is 44.0 Å². The number of fused-ring (bicyclic) bond motifs is 2. The minimum absolute atomic E-state index is 0.226. The fraction of sp³-hybridized carbons (Fsp3) is 0.292. The summed E-state index contributed by atoms with van der Waals surface area (Å²) in [5.41, 5.74) is 2.39. The Hall–Kier alpha value is -3.26. The van der Waals surface area contributed by atoms with Gasteiger partial charge < -0.3 is 9.64 Å². The molecule has 1 aromatic heterocycles. The lowest BCUT2D eigenvalue weighted by Gasteiger charge is -2.32. The van der Waals surface area contributed by atoms with Crippen LogP contribution in [0.4, 0.5) is 0 Å². The van der Waals surface area contributed by atoms with Crippen LogP contribution in [0.15, 0.2) is 70.1 Å². The number of esters is 1. The Balaban J connectivity index is 1.23. The van der Waals surface area contributed by atoms with Crippen molar-refractivity contribution in [3.63, 3.8) is 0 Å². The van der Waals surface area contributed by atoms with E-state index in [4.69, 9.17) is 4.74 Å². The second-order valence-corrected chi connectivity index (χ2v) is 9.76. The molecule has 164 valence electrons. The number of likely N-dealkylation sites (tertiary alicyclic amines) is 1. The van der Waals surface area contributed by atoms with Crippen LogP contribution in [0.2, 0.25) is 0 Å². The lowest BCUT2D eigenvalue weighted by atomic mass is 9.96. The number of pyridine rings is 1. The second-order valence-electron chi connectivity index (χ2n) is 8.19.